The van der Waals surface area contributed by atoms with Gasteiger partial charge in [0.2, 0.25) is 0 Å². The second kappa shape index (κ2) is 5.87. The summed E-state index contributed by atoms with van der Waals surface area (Å²) in [5.41, 5.74) is 0.381. The van der Waals surface area contributed by atoms with Crippen LogP contribution in [0.2, 0.25) is 0 Å². The number of hydrogen-bond acceptors (Lipinski definition) is 4. The van der Waals surface area contributed by atoms with E-state index >= 15 is 0 Å². The van der Waals surface area contributed by atoms with Gasteiger partial charge in [-0.25, -0.2) is 0 Å². The molecule has 0 atom stereocenters. The molecule has 1 N–H and O–H groups in total. The lowest BCUT2D eigenvalue weighted by Crippen LogP contribution is -2.39. The Labute approximate surface area is 114 Å². The number of rotatable bonds is 2. The molecule has 0 bridgehead atoms. The van der Waals surface area contributed by atoms with E-state index < -0.39 is 0 Å². The van der Waals surface area contributed by atoms with Crippen molar-refractivity contribution < 1.29 is 0 Å². The number of nitrogens with one attached hydrogen (secondary N) is 1. The Morgan fingerprint density at radius 2 is 2.00 bits per heavy atom. The molecule has 17 heavy (non-hydrogen) atoms. The average molecular weight is 272 g/mol. The Morgan fingerprint density at radius 3 is 2.53 bits per heavy atom. The third-order valence-corrected chi connectivity index (χ3v) is 6.17. The van der Waals surface area contributed by atoms with Crippen molar-refractivity contribution in [2.24, 2.45) is 10.4 Å². The van der Waals surface area contributed by atoms with Crippen molar-refractivity contribution in [1.82, 2.24) is 5.32 Å². The van der Waals surface area contributed by atoms with Crippen LogP contribution in [-0.4, -0.2) is 35.0 Å². The molecular weight excluding hydrogens is 248 g/mol. The largest absolute Gasteiger partial charge is 0.362 e. The Hall–Kier alpha value is 0.170. The van der Waals surface area contributed by atoms with Crippen LogP contribution in [0.3, 0.4) is 0 Å². The lowest BCUT2D eigenvalue weighted by molar-refractivity contribution is 0.415. The molecule has 0 aromatic carbocycles. The molecule has 0 amide bonds. The quantitative estimate of drug-likeness (QED) is 0.834. The molecule has 2 rings (SSSR count). The Balaban J connectivity index is 1.77. The third kappa shape index (κ3) is 4.09. The van der Waals surface area contributed by atoms with E-state index in [9.17, 15) is 0 Å². The van der Waals surface area contributed by atoms with Gasteiger partial charge < -0.3 is 5.32 Å². The van der Waals surface area contributed by atoms with Gasteiger partial charge in [0.25, 0.3) is 0 Å². The van der Waals surface area contributed by atoms with E-state index in [0.717, 1.165) is 11.8 Å². The summed E-state index contributed by atoms with van der Waals surface area (Å²) in [6, 6.07) is 0.672. The topological polar surface area (TPSA) is 24.4 Å². The first kappa shape index (κ1) is 13.6. The van der Waals surface area contributed by atoms with Gasteiger partial charge in [0.05, 0.1) is 0 Å². The Kier molecular flexibility index (Phi) is 4.70. The van der Waals surface area contributed by atoms with Crippen LogP contribution in [0, 0.1) is 5.41 Å². The van der Waals surface area contributed by atoms with Gasteiger partial charge in [0.1, 0.15) is 0 Å². The Bertz CT molecular complexity index is 281. The van der Waals surface area contributed by atoms with Crippen molar-refractivity contribution >= 4 is 28.7 Å². The fourth-order valence-electron chi connectivity index (χ4n) is 2.35. The summed E-state index contributed by atoms with van der Waals surface area (Å²) in [5, 5.41) is 5.73. The molecule has 1 saturated carbocycles. The first-order valence-corrected chi connectivity index (χ1v) is 8.83. The van der Waals surface area contributed by atoms with Gasteiger partial charge in [-0.1, -0.05) is 25.6 Å². The lowest BCUT2D eigenvalue weighted by Gasteiger charge is -2.32. The number of hydrogen-bond donors (Lipinski definition) is 1. The predicted octanol–water partition coefficient (Wildman–Crippen LogP) is 3.38. The molecular formula is C13H24N2S2. The summed E-state index contributed by atoms with van der Waals surface area (Å²) in [4.78, 5) is 4.68. The maximum Gasteiger partial charge on any atom is 0.156 e. The van der Waals surface area contributed by atoms with Crippen LogP contribution in [0.1, 0.15) is 39.5 Å². The molecule has 0 aromatic rings. The van der Waals surface area contributed by atoms with E-state index in [1.807, 2.05) is 23.5 Å². The SMILES string of the molecule is CSC1CCC(NC2=NCC(C)(C)CS2)CC1. The standard InChI is InChI=1S/C13H24N2S2/c1-13(2)8-14-12(17-9-13)15-10-4-6-11(16-3)7-5-10/h10-11H,4-9H2,1-3H3,(H,14,15). The maximum atomic E-state index is 4.68. The summed E-state index contributed by atoms with van der Waals surface area (Å²) < 4.78 is 0. The minimum absolute atomic E-state index is 0.381. The van der Waals surface area contributed by atoms with E-state index in [4.69, 9.17) is 0 Å². The molecule has 98 valence electrons. The summed E-state index contributed by atoms with van der Waals surface area (Å²) in [6.45, 7) is 5.57. The molecule has 1 heterocycles. The Morgan fingerprint density at radius 1 is 1.29 bits per heavy atom. The molecule has 2 nitrogen and oxygen atoms in total. The summed E-state index contributed by atoms with van der Waals surface area (Å²) >= 11 is 3.93. The highest BCUT2D eigenvalue weighted by Gasteiger charge is 2.26. The average Bonchev–Trinajstić information content (AvgIpc) is 2.33. The molecule has 0 saturated heterocycles. The highest BCUT2D eigenvalue weighted by molar-refractivity contribution is 8.13. The molecule has 4 heteroatoms. The normalized spacial score (nSPS) is 33.0. The fourth-order valence-corrected chi connectivity index (χ4v) is 4.11. The van der Waals surface area contributed by atoms with Crippen LogP contribution in [-0.2, 0) is 0 Å². The van der Waals surface area contributed by atoms with Gasteiger partial charge in [-0.2, -0.15) is 11.8 Å². The zero-order valence-electron chi connectivity index (χ0n) is 11.2. The molecule has 2 aliphatic rings. The van der Waals surface area contributed by atoms with Crippen LogP contribution < -0.4 is 5.32 Å². The van der Waals surface area contributed by atoms with Crippen molar-refractivity contribution in [2.45, 2.75) is 50.8 Å². The molecule has 0 aromatic heterocycles. The van der Waals surface area contributed by atoms with E-state index in [-0.39, 0.29) is 0 Å². The predicted molar refractivity (Wildman–Crippen MR) is 81.2 cm³/mol. The van der Waals surface area contributed by atoms with Crippen LogP contribution in [0.15, 0.2) is 4.99 Å². The minimum atomic E-state index is 0.381. The van der Waals surface area contributed by atoms with Gasteiger partial charge in [-0.05, 0) is 37.4 Å². The van der Waals surface area contributed by atoms with Crippen molar-refractivity contribution in [1.29, 1.82) is 0 Å². The number of amidine groups is 1. The van der Waals surface area contributed by atoms with Crippen LogP contribution in [0.4, 0.5) is 0 Å². The van der Waals surface area contributed by atoms with Gasteiger partial charge >= 0.3 is 0 Å². The second-order valence-corrected chi connectivity index (χ2v) is 8.03. The van der Waals surface area contributed by atoms with E-state index in [2.05, 4.69) is 30.4 Å². The van der Waals surface area contributed by atoms with Crippen molar-refractivity contribution in [3.8, 4) is 0 Å². The van der Waals surface area contributed by atoms with Crippen LogP contribution in [0.25, 0.3) is 0 Å². The van der Waals surface area contributed by atoms with Gasteiger partial charge in [-0.3, -0.25) is 4.99 Å². The van der Waals surface area contributed by atoms with E-state index in [0.29, 0.717) is 11.5 Å². The molecule has 0 unspecified atom stereocenters. The van der Waals surface area contributed by atoms with Crippen LogP contribution >= 0.6 is 23.5 Å². The zero-order valence-corrected chi connectivity index (χ0v) is 12.8. The molecule has 0 spiro atoms. The van der Waals surface area contributed by atoms with Crippen molar-refractivity contribution in [2.75, 3.05) is 18.6 Å². The van der Waals surface area contributed by atoms with Gasteiger partial charge in [0, 0.05) is 23.6 Å². The van der Waals surface area contributed by atoms with Gasteiger partial charge in [0.15, 0.2) is 5.17 Å². The molecule has 1 fully saturated rings. The number of thioether (sulfide) groups is 2. The molecule has 0 radical (unpaired) electrons. The summed E-state index contributed by atoms with van der Waals surface area (Å²) in [7, 11) is 0. The minimum Gasteiger partial charge on any atom is -0.362 e. The monoisotopic (exact) mass is 272 g/mol. The van der Waals surface area contributed by atoms with Crippen molar-refractivity contribution in [3.05, 3.63) is 0 Å². The molecule has 1 aliphatic carbocycles. The number of nitrogens with zero attached hydrogens (tertiary/aromatic N) is 1. The van der Waals surface area contributed by atoms with Crippen molar-refractivity contribution in [3.63, 3.8) is 0 Å². The highest BCUT2D eigenvalue weighted by Crippen LogP contribution is 2.30. The summed E-state index contributed by atoms with van der Waals surface area (Å²) in [6.07, 6.45) is 7.59. The smallest absolute Gasteiger partial charge is 0.156 e. The van der Waals surface area contributed by atoms with Gasteiger partial charge in [-0.15, -0.1) is 0 Å². The lowest BCUT2D eigenvalue weighted by atomic mass is 9.95. The third-order valence-electron chi connectivity index (χ3n) is 3.59. The molecule has 1 aliphatic heterocycles. The van der Waals surface area contributed by atoms with Crippen LogP contribution in [0.5, 0.6) is 0 Å². The summed E-state index contributed by atoms with van der Waals surface area (Å²) in [5.74, 6) is 1.19. The fraction of sp³-hybridized carbons (Fsp3) is 0.923. The maximum absolute atomic E-state index is 4.68. The number of aliphatic imine (C=N–C) groups is 1. The highest BCUT2D eigenvalue weighted by atomic mass is 32.2. The second-order valence-electron chi connectivity index (χ2n) is 5.93. The first-order valence-electron chi connectivity index (χ1n) is 6.56. The van der Waals surface area contributed by atoms with E-state index in [1.54, 1.807) is 0 Å². The van der Waals surface area contributed by atoms with E-state index in [1.165, 1.54) is 36.6 Å². The first-order chi connectivity index (χ1) is 8.09. The zero-order chi connectivity index (χ0) is 12.3.